The first kappa shape index (κ1) is 15.2. The zero-order chi connectivity index (χ0) is 15.4. The van der Waals surface area contributed by atoms with Crippen molar-refractivity contribution in [1.82, 2.24) is 5.32 Å². The SMILES string of the molecule is COc1ccc(N)cc1C(=O)NC(C)c1ccc(Cl)cc1. The van der Waals surface area contributed by atoms with Crippen molar-refractivity contribution in [3.63, 3.8) is 0 Å². The van der Waals surface area contributed by atoms with Crippen molar-refractivity contribution < 1.29 is 9.53 Å². The maximum absolute atomic E-state index is 12.4. The summed E-state index contributed by atoms with van der Waals surface area (Å²) in [6.07, 6.45) is 0. The second kappa shape index (κ2) is 6.50. The van der Waals surface area contributed by atoms with E-state index >= 15 is 0 Å². The molecule has 0 radical (unpaired) electrons. The van der Waals surface area contributed by atoms with Crippen LogP contribution in [0.4, 0.5) is 5.69 Å². The van der Waals surface area contributed by atoms with Gasteiger partial charge in [-0.25, -0.2) is 0 Å². The van der Waals surface area contributed by atoms with Gasteiger partial charge in [-0.15, -0.1) is 0 Å². The van der Waals surface area contributed by atoms with Crippen LogP contribution in [-0.2, 0) is 0 Å². The number of hydrogen-bond donors (Lipinski definition) is 2. The third kappa shape index (κ3) is 3.67. The summed E-state index contributed by atoms with van der Waals surface area (Å²) in [7, 11) is 1.52. The Kier molecular flexibility index (Phi) is 4.70. The lowest BCUT2D eigenvalue weighted by atomic mass is 10.1. The van der Waals surface area contributed by atoms with Gasteiger partial charge >= 0.3 is 0 Å². The summed E-state index contributed by atoms with van der Waals surface area (Å²) in [5, 5.41) is 3.58. The van der Waals surface area contributed by atoms with E-state index in [4.69, 9.17) is 22.1 Å². The summed E-state index contributed by atoms with van der Waals surface area (Å²) < 4.78 is 5.19. The lowest BCUT2D eigenvalue weighted by Crippen LogP contribution is -2.27. The summed E-state index contributed by atoms with van der Waals surface area (Å²) in [6, 6.07) is 12.2. The van der Waals surface area contributed by atoms with Crippen LogP contribution >= 0.6 is 11.6 Å². The molecular formula is C16H17ClN2O2. The number of anilines is 1. The third-order valence-electron chi connectivity index (χ3n) is 3.19. The lowest BCUT2D eigenvalue weighted by Gasteiger charge is -2.16. The predicted molar refractivity (Wildman–Crippen MR) is 84.7 cm³/mol. The van der Waals surface area contributed by atoms with Crippen LogP contribution in [0.2, 0.25) is 5.02 Å². The molecule has 0 fully saturated rings. The molecule has 1 atom stereocenters. The fraction of sp³-hybridized carbons (Fsp3) is 0.188. The topological polar surface area (TPSA) is 64.3 Å². The lowest BCUT2D eigenvalue weighted by molar-refractivity contribution is 0.0937. The van der Waals surface area contributed by atoms with Gasteiger partial charge in [0.15, 0.2) is 0 Å². The number of hydrogen-bond acceptors (Lipinski definition) is 3. The van der Waals surface area contributed by atoms with Crippen molar-refractivity contribution in [2.24, 2.45) is 0 Å². The summed E-state index contributed by atoms with van der Waals surface area (Å²) in [5.41, 5.74) is 7.63. The minimum absolute atomic E-state index is 0.152. The maximum atomic E-state index is 12.4. The van der Waals surface area contributed by atoms with E-state index < -0.39 is 0 Å². The number of carbonyl (C=O) groups is 1. The predicted octanol–water partition coefficient (Wildman–Crippen LogP) is 3.42. The van der Waals surface area contributed by atoms with Gasteiger partial charge in [-0.3, -0.25) is 4.79 Å². The minimum Gasteiger partial charge on any atom is -0.496 e. The number of nitrogens with one attached hydrogen (secondary N) is 1. The van der Waals surface area contributed by atoms with Gasteiger partial charge in [0.2, 0.25) is 0 Å². The monoisotopic (exact) mass is 304 g/mol. The molecule has 1 amide bonds. The van der Waals surface area contributed by atoms with E-state index in [1.54, 1.807) is 30.3 Å². The molecule has 0 heterocycles. The highest BCUT2D eigenvalue weighted by Gasteiger charge is 2.15. The van der Waals surface area contributed by atoms with E-state index in [9.17, 15) is 4.79 Å². The Morgan fingerprint density at radius 1 is 1.24 bits per heavy atom. The molecule has 0 saturated heterocycles. The molecule has 2 aromatic carbocycles. The van der Waals surface area contributed by atoms with Crippen LogP contribution in [0.15, 0.2) is 42.5 Å². The van der Waals surface area contributed by atoms with E-state index in [1.807, 2.05) is 19.1 Å². The van der Waals surface area contributed by atoms with Gasteiger partial charge in [-0.2, -0.15) is 0 Å². The van der Waals surface area contributed by atoms with Gasteiger partial charge in [-0.05, 0) is 42.8 Å². The van der Waals surface area contributed by atoms with Gasteiger partial charge < -0.3 is 15.8 Å². The van der Waals surface area contributed by atoms with Crippen LogP contribution in [0, 0.1) is 0 Å². The number of rotatable bonds is 4. The molecule has 4 nitrogen and oxygen atoms in total. The number of benzene rings is 2. The van der Waals surface area contributed by atoms with Crippen LogP contribution in [-0.4, -0.2) is 13.0 Å². The number of ether oxygens (including phenoxy) is 1. The quantitative estimate of drug-likeness (QED) is 0.851. The molecule has 3 N–H and O–H groups in total. The van der Waals surface area contributed by atoms with Crippen molar-refractivity contribution in [3.05, 3.63) is 58.6 Å². The fourth-order valence-electron chi connectivity index (χ4n) is 2.01. The standard InChI is InChI=1S/C16H17ClN2O2/c1-10(11-3-5-12(17)6-4-11)19-16(20)14-9-13(18)7-8-15(14)21-2/h3-10H,18H2,1-2H3,(H,19,20). The largest absolute Gasteiger partial charge is 0.496 e. The molecule has 0 aromatic heterocycles. The molecule has 0 aliphatic rings. The van der Waals surface area contributed by atoms with E-state index in [2.05, 4.69) is 5.32 Å². The van der Waals surface area contributed by atoms with Crippen molar-refractivity contribution >= 4 is 23.2 Å². The second-order valence-corrected chi connectivity index (χ2v) is 5.14. The Morgan fingerprint density at radius 3 is 2.52 bits per heavy atom. The highest BCUT2D eigenvalue weighted by Crippen LogP contribution is 2.22. The number of carbonyl (C=O) groups excluding carboxylic acids is 1. The van der Waals surface area contributed by atoms with E-state index in [1.165, 1.54) is 7.11 Å². The number of nitrogens with two attached hydrogens (primary N) is 1. The average molecular weight is 305 g/mol. The van der Waals surface area contributed by atoms with E-state index in [-0.39, 0.29) is 11.9 Å². The maximum Gasteiger partial charge on any atom is 0.255 e. The summed E-state index contributed by atoms with van der Waals surface area (Å²) in [6.45, 7) is 1.90. The Bertz CT molecular complexity index is 641. The normalized spacial score (nSPS) is 11.8. The average Bonchev–Trinajstić information content (AvgIpc) is 2.47. The van der Waals surface area contributed by atoms with Crippen LogP contribution in [0.5, 0.6) is 5.75 Å². The van der Waals surface area contributed by atoms with Crippen LogP contribution < -0.4 is 15.8 Å². The molecule has 0 aliphatic carbocycles. The van der Waals surface area contributed by atoms with Crippen LogP contribution in [0.1, 0.15) is 28.9 Å². The molecule has 0 saturated carbocycles. The van der Waals surface area contributed by atoms with Gasteiger partial charge in [0, 0.05) is 10.7 Å². The first-order chi connectivity index (χ1) is 10.0. The molecule has 2 rings (SSSR count). The highest BCUT2D eigenvalue weighted by atomic mass is 35.5. The van der Waals surface area contributed by atoms with Crippen LogP contribution in [0.25, 0.3) is 0 Å². The number of halogens is 1. The van der Waals surface area contributed by atoms with Gasteiger partial charge in [0.05, 0.1) is 18.7 Å². The van der Waals surface area contributed by atoms with Crippen molar-refractivity contribution in [2.75, 3.05) is 12.8 Å². The van der Waals surface area contributed by atoms with Crippen molar-refractivity contribution in [1.29, 1.82) is 0 Å². The van der Waals surface area contributed by atoms with Gasteiger partial charge in [0.1, 0.15) is 5.75 Å². The molecule has 0 aliphatic heterocycles. The minimum atomic E-state index is -0.235. The van der Waals surface area contributed by atoms with Crippen molar-refractivity contribution in [2.45, 2.75) is 13.0 Å². The molecule has 21 heavy (non-hydrogen) atoms. The van der Waals surface area contributed by atoms with Crippen molar-refractivity contribution in [3.8, 4) is 5.75 Å². The third-order valence-corrected chi connectivity index (χ3v) is 3.44. The Hall–Kier alpha value is -2.20. The smallest absolute Gasteiger partial charge is 0.255 e. The first-order valence-corrected chi connectivity index (χ1v) is 6.89. The molecule has 110 valence electrons. The number of methoxy groups -OCH3 is 1. The van der Waals surface area contributed by atoms with E-state index in [0.717, 1.165) is 5.56 Å². The molecule has 1 unspecified atom stereocenters. The summed E-state index contributed by atoms with van der Waals surface area (Å²) in [4.78, 5) is 12.4. The molecule has 0 spiro atoms. The zero-order valence-electron chi connectivity index (χ0n) is 11.9. The zero-order valence-corrected chi connectivity index (χ0v) is 12.6. The van der Waals surface area contributed by atoms with Gasteiger partial charge in [-0.1, -0.05) is 23.7 Å². The second-order valence-electron chi connectivity index (χ2n) is 4.71. The highest BCUT2D eigenvalue weighted by molar-refractivity contribution is 6.30. The fourth-order valence-corrected chi connectivity index (χ4v) is 2.14. The number of amides is 1. The Labute approximate surface area is 128 Å². The molecular weight excluding hydrogens is 288 g/mol. The Balaban J connectivity index is 2.17. The molecule has 2 aromatic rings. The summed E-state index contributed by atoms with van der Waals surface area (Å²) in [5.74, 6) is 0.256. The summed E-state index contributed by atoms with van der Waals surface area (Å²) >= 11 is 5.86. The van der Waals surface area contributed by atoms with Crippen LogP contribution in [0.3, 0.4) is 0 Å². The first-order valence-electron chi connectivity index (χ1n) is 6.51. The number of nitrogen functional groups attached to an aromatic ring is 1. The molecule has 0 bridgehead atoms. The molecule has 5 heteroatoms. The Morgan fingerprint density at radius 2 is 1.90 bits per heavy atom. The van der Waals surface area contributed by atoms with Gasteiger partial charge in [0.25, 0.3) is 5.91 Å². The van der Waals surface area contributed by atoms with E-state index in [0.29, 0.717) is 22.0 Å².